The van der Waals surface area contributed by atoms with Gasteiger partial charge in [0.15, 0.2) is 5.22 Å². The molecule has 0 saturated carbocycles. The smallest absolute Gasteiger partial charge is 0.193 e. The Morgan fingerprint density at radius 2 is 2.29 bits per heavy atom. The number of hydrogen-bond donors (Lipinski definition) is 1. The van der Waals surface area contributed by atoms with Crippen molar-refractivity contribution in [1.29, 1.82) is 0 Å². The Balaban J connectivity index is 2.28. The molecule has 1 N–H and O–H groups in total. The van der Waals surface area contributed by atoms with Gasteiger partial charge in [0.25, 0.3) is 0 Å². The van der Waals surface area contributed by atoms with Crippen LogP contribution in [0.2, 0.25) is 5.22 Å². The maximum absolute atomic E-state index is 5.81. The third-order valence-corrected chi connectivity index (χ3v) is 2.80. The van der Waals surface area contributed by atoms with Gasteiger partial charge in [0.05, 0.1) is 12.2 Å². The van der Waals surface area contributed by atoms with Gasteiger partial charge in [0.2, 0.25) is 0 Å². The molecule has 0 bridgehead atoms. The van der Waals surface area contributed by atoms with Gasteiger partial charge in [-0.15, -0.1) is 0 Å². The first-order valence-corrected chi connectivity index (χ1v) is 6.13. The highest BCUT2D eigenvalue weighted by Gasteiger charge is 2.18. The van der Waals surface area contributed by atoms with E-state index in [2.05, 4.69) is 24.3 Å². The fraction of sp³-hybridized carbons (Fsp3) is 0.417. The molecule has 2 rings (SSSR count). The molecule has 0 spiro atoms. The van der Waals surface area contributed by atoms with E-state index >= 15 is 0 Å². The topological polar surface area (TPSA) is 43.0 Å². The summed E-state index contributed by atoms with van der Waals surface area (Å²) >= 11 is 5.81. The van der Waals surface area contributed by atoms with Crippen molar-refractivity contribution in [2.75, 3.05) is 6.54 Å². The molecule has 0 aliphatic carbocycles. The summed E-state index contributed by atoms with van der Waals surface area (Å²) in [6, 6.07) is 3.65. The van der Waals surface area contributed by atoms with Gasteiger partial charge in [-0.3, -0.25) is 4.68 Å². The molecule has 2 aromatic heterocycles. The minimum Gasteiger partial charge on any atom is -0.448 e. The Morgan fingerprint density at radius 3 is 2.82 bits per heavy atom. The zero-order valence-corrected chi connectivity index (χ0v) is 10.7. The Bertz CT molecular complexity index is 478. The van der Waals surface area contributed by atoms with Crippen molar-refractivity contribution in [3.8, 4) is 0 Å². The third-order valence-electron chi connectivity index (χ3n) is 2.60. The van der Waals surface area contributed by atoms with Crippen LogP contribution in [-0.2, 0) is 6.54 Å². The lowest BCUT2D eigenvalue weighted by Gasteiger charge is -2.13. The first-order chi connectivity index (χ1) is 8.24. The van der Waals surface area contributed by atoms with Gasteiger partial charge in [-0.25, -0.2) is 0 Å². The SMILES string of the molecule is CCNC(c1cnn(CC)c1)c1ccc(Cl)o1. The molecule has 2 heterocycles. The van der Waals surface area contributed by atoms with Crippen LogP contribution in [0, 0.1) is 0 Å². The van der Waals surface area contributed by atoms with Crippen molar-refractivity contribution in [3.05, 3.63) is 41.1 Å². The van der Waals surface area contributed by atoms with Crippen LogP contribution in [0.1, 0.15) is 31.2 Å². The molecular formula is C12H16ClN3O. The molecule has 0 aromatic carbocycles. The molecule has 0 aliphatic heterocycles. The molecule has 0 fully saturated rings. The van der Waals surface area contributed by atoms with E-state index in [0.29, 0.717) is 5.22 Å². The first kappa shape index (κ1) is 12.2. The van der Waals surface area contributed by atoms with Crippen molar-refractivity contribution in [2.45, 2.75) is 26.4 Å². The van der Waals surface area contributed by atoms with E-state index in [9.17, 15) is 0 Å². The average molecular weight is 254 g/mol. The quantitative estimate of drug-likeness (QED) is 0.891. The molecule has 0 saturated heterocycles. The third kappa shape index (κ3) is 2.70. The number of rotatable bonds is 5. The highest BCUT2D eigenvalue weighted by Crippen LogP contribution is 2.25. The second-order valence-electron chi connectivity index (χ2n) is 3.76. The minimum absolute atomic E-state index is 0.00722. The number of nitrogens with zero attached hydrogens (tertiary/aromatic N) is 2. The number of aryl methyl sites for hydroxylation is 1. The molecule has 0 radical (unpaired) electrons. The van der Waals surface area contributed by atoms with Crippen LogP contribution in [-0.4, -0.2) is 16.3 Å². The standard InChI is InChI=1S/C12H16ClN3O/c1-3-14-12(10-5-6-11(13)17-10)9-7-15-16(4-2)8-9/h5-8,12,14H,3-4H2,1-2H3. The summed E-state index contributed by atoms with van der Waals surface area (Å²) in [5, 5.41) is 8.04. The van der Waals surface area contributed by atoms with Gasteiger partial charge in [-0.1, -0.05) is 6.92 Å². The molecule has 0 amide bonds. The van der Waals surface area contributed by atoms with Crippen LogP contribution in [0.25, 0.3) is 0 Å². The van der Waals surface area contributed by atoms with E-state index in [-0.39, 0.29) is 6.04 Å². The number of furan rings is 1. The van der Waals surface area contributed by atoms with E-state index in [4.69, 9.17) is 16.0 Å². The van der Waals surface area contributed by atoms with Crippen molar-refractivity contribution < 1.29 is 4.42 Å². The Hall–Kier alpha value is -1.26. The number of aromatic nitrogens is 2. The van der Waals surface area contributed by atoms with Crippen LogP contribution in [0.3, 0.4) is 0 Å². The van der Waals surface area contributed by atoms with Gasteiger partial charge < -0.3 is 9.73 Å². The first-order valence-electron chi connectivity index (χ1n) is 5.75. The predicted octanol–water partition coefficient (Wildman–Crippen LogP) is 2.85. The van der Waals surface area contributed by atoms with E-state index in [1.54, 1.807) is 6.07 Å². The lowest BCUT2D eigenvalue weighted by atomic mass is 10.1. The van der Waals surface area contributed by atoms with Gasteiger partial charge in [-0.2, -0.15) is 5.10 Å². The fourth-order valence-electron chi connectivity index (χ4n) is 1.77. The number of nitrogens with one attached hydrogen (secondary N) is 1. The Labute approximate surface area is 106 Å². The largest absolute Gasteiger partial charge is 0.448 e. The van der Waals surface area contributed by atoms with Crippen molar-refractivity contribution >= 4 is 11.6 Å². The summed E-state index contributed by atoms with van der Waals surface area (Å²) in [6.45, 7) is 5.82. The molecular weight excluding hydrogens is 238 g/mol. The fourth-order valence-corrected chi connectivity index (χ4v) is 1.92. The average Bonchev–Trinajstić information content (AvgIpc) is 2.94. The van der Waals surface area contributed by atoms with Crippen LogP contribution < -0.4 is 5.32 Å². The number of hydrogen-bond acceptors (Lipinski definition) is 3. The molecule has 17 heavy (non-hydrogen) atoms. The van der Waals surface area contributed by atoms with Crippen molar-refractivity contribution in [3.63, 3.8) is 0 Å². The zero-order valence-electron chi connectivity index (χ0n) is 9.98. The lowest BCUT2D eigenvalue weighted by Crippen LogP contribution is -2.21. The molecule has 1 atom stereocenters. The molecule has 4 nitrogen and oxygen atoms in total. The molecule has 0 aliphatic rings. The van der Waals surface area contributed by atoms with E-state index in [0.717, 1.165) is 24.4 Å². The highest BCUT2D eigenvalue weighted by atomic mass is 35.5. The van der Waals surface area contributed by atoms with E-state index in [1.165, 1.54) is 0 Å². The minimum atomic E-state index is 0.00722. The normalized spacial score (nSPS) is 12.9. The van der Waals surface area contributed by atoms with Gasteiger partial charge in [0, 0.05) is 18.3 Å². The molecule has 1 unspecified atom stereocenters. The van der Waals surface area contributed by atoms with Crippen LogP contribution in [0.4, 0.5) is 0 Å². The summed E-state index contributed by atoms with van der Waals surface area (Å²) in [5.41, 5.74) is 1.08. The molecule has 92 valence electrons. The lowest BCUT2D eigenvalue weighted by molar-refractivity contribution is 0.453. The maximum atomic E-state index is 5.81. The second kappa shape index (κ2) is 5.38. The summed E-state index contributed by atoms with van der Waals surface area (Å²) in [7, 11) is 0. The van der Waals surface area contributed by atoms with Crippen molar-refractivity contribution in [2.24, 2.45) is 0 Å². The highest BCUT2D eigenvalue weighted by molar-refractivity contribution is 6.28. The summed E-state index contributed by atoms with van der Waals surface area (Å²) in [5.74, 6) is 0.813. The van der Waals surface area contributed by atoms with E-state index < -0.39 is 0 Å². The van der Waals surface area contributed by atoms with Crippen LogP contribution in [0.5, 0.6) is 0 Å². The molecule has 2 aromatic rings. The Morgan fingerprint density at radius 1 is 1.47 bits per heavy atom. The predicted molar refractivity (Wildman–Crippen MR) is 67.1 cm³/mol. The van der Waals surface area contributed by atoms with Gasteiger partial charge in [-0.05, 0) is 37.2 Å². The van der Waals surface area contributed by atoms with Crippen LogP contribution in [0.15, 0.2) is 28.9 Å². The monoisotopic (exact) mass is 253 g/mol. The Kier molecular flexibility index (Phi) is 3.86. The maximum Gasteiger partial charge on any atom is 0.193 e. The second-order valence-corrected chi connectivity index (χ2v) is 4.13. The summed E-state index contributed by atoms with van der Waals surface area (Å²) in [4.78, 5) is 0. The van der Waals surface area contributed by atoms with E-state index in [1.807, 2.05) is 23.1 Å². The van der Waals surface area contributed by atoms with Gasteiger partial charge in [0.1, 0.15) is 5.76 Å². The van der Waals surface area contributed by atoms with Crippen molar-refractivity contribution in [1.82, 2.24) is 15.1 Å². The van der Waals surface area contributed by atoms with Gasteiger partial charge >= 0.3 is 0 Å². The summed E-state index contributed by atoms with van der Waals surface area (Å²) < 4.78 is 7.35. The number of halogens is 1. The zero-order chi connectivity index (χ0) is 12.3. The summed E-state index contributed by atoms with van der Waals surface area (Å²) in [6.07, 6.45) is 3.87. The van der Waals surface area contributed by atoms with Crippen LogP contribution >= 0.6 is 11.6 Å². The molecule has 5 heteroatoms.